The van der Waals surface area contributed by atoms with E-state index in [0.717, 1.165) is 0 Å². The molecule has 1 aliphatic heterocycles. The first-order valence-corrected chi connectivity index (χ1v) is 10.1. The molecule has 6 nitrogen and oxygen atoms in total. The van der Waals surface area contributed by atoms with Crippen molar-refractivity contribution in [2.75, 3.05) is 20.3 Å². The number of hydrogen-bond donors (Lipinski definition) is 1. The SMILES string of the molecule is COc1ccccc1/C(O)=C1/C(=O)C(=O)N(CCCOC(C)C)C1c1ccccc1F. The first kappa shape index (κ1) is 22.5. The number of halogens is 1. The Kier molecular flexibility index (Phi) is 7.07. The van der Waals surface area contributed by atoms with Gasteiger partial charge in [0.2, 0.25) is 0 Å². The summed E-state index contributed by atoms with van der Waals surface area (Å²) in [6.07, 6.45) is 0.494. The molecule has 0 aromatic heterocycles. The lowest BCUT2D eigenvalue weighted by atomic mass is 9.94. The number of carbonyl (C=O) groups is 2. The topological polar surface area (TPSA) is 76.1 Å². The van der Waals surface area contributed by atoms with E-state index in [4.69, 9.17) is 9.47 Å². The smallest absolute Gasteiger partial charge is 0.295 e. The van der Waals surface area contributed by atoms with Crippen LogP contribution in [0.2, 0.25) is 0 Å². The molecule has 2 aromatic carbocycles. The Bertz CT molecular complexity index is 1000. The summed E-state index contributed by atoms with van der Waals surface area (Å²) in [7, 11) is 1.44. The van der Waals surface area contributed by atoms with E-state index in [1.54, 1.807) is 30.3 Å². The minimum absolute atomic E-state index is 0.0309. The number of aliphatic hydroxyl groups excluding tert-OH is 1. The maximum atomic E-state index is 14.7. The Morgan fingerprint density at radius 3 is 2.48 bits per heavy atom. The van der Waals surface area contributed by atoms with Gasteiger partial charge >= 0.3 is 0 Å². The maximum absolute atomic E-state index is 14.7. The molecule has 1 amide bonds. The molecule has 0 aliphatic carbocycles. The van der Waals surface area contributed by atoms with Crippen LogP contribution in [0.3, 0.4) is 0 Å². The van der Waals surface area contributed by atoms with Crippen molar-refractivity contribution in [3.8, 4) is 5.75 Å². The predicted octanol–water partition coefficient (Wildman–Crippen LogP) is 4.07. The number of carbonyl (C=O) groups excluding carboxylic acids is 2. The van der Waals surface area contributed by atoms with Crippen LogP contribution in [-0.4, -0.2) is 48.1 Å². The number of ether oxygens (including phenoxy) is 2. The average Bonchev–Trinajstić information content (AvgIpc) is 3.01. The summed E-state index contributed by atoms with van der Waals surface area (Å²) in [4.78, 5) is 27.1. The number of likely N-dealkylation sites (tertiary alicyclic amines) is 1. The number of methoxy groups -OCH3 is 1. The normalized spacial score (nSPS) is 18.1. The van der Waals surface area contributed by atoms with E-state index in [9.17, 15) is 19.1 Å². The fraction of sp³-hybridized carbons (Fsp3) is 0.333. The number of rotatable bonds is 8. The van der Waals surface area contributed by atoms with Crippen LogP contribution in [0.1, 0.15) is 37.4 Å². The predicted molar refractivity (Wildman–Crippen MR) is 114 cm³/mol. The largest absolute Gasteiger partial charge is 0.507 e. The van der Waals surface area contributed by atoms with Crippen molar-refractivity contribution in [3.05, 3.63) is 71.0 Å². The van der Waals surface area contributed by atoms with Gasteiger partial charge in [0.05, 0.1) is 30.4 Å². The van der Waals surface area contributed by atoms with Crippen LogP contribution in [0, 0.1) is 5.82 Å². The van der Waals surface area contributed by atoms with Gasteiger partial charge in [-0.15, -0.1) is 0 Å². The summed E-state index contributed by atoms with van der Waals surface area (Å²) < 4.78 is 25.6. The fourth-order valence-electron chi connectivity index (χ4n) is 3.67. The quantitative estimate of drug-likeness (QED) is 0.297. The second kappa shape index (κ2) is 9.75. The van der Waals surface area contributed by atoms with Gasteiger partial charge in [-0.2, -0.15) is 0 Å². The third kappa shape index (κ3) is 4.61. The van der Waals surface area contributed by atoms with Crippen molar-refractivity contribution in [1.29, 1.82) is 0 Å². The number of aliphatic hydroxyl groups is 1. The monoisotopic (exact) mass is 427 g/mol. The molecular formula is C24H26FNO5. The number of benzene rings is 2. The molecule has 0 radical (unpaired) electrons. The van der Waals surface area contributed by atoms with Crippen molar-refractivity contribution in [2.24, 2.45) is 0 Å². The molecule has 7 heteroatoms. The van der Waals surface area contributed by atoms with E-state index in [1.165, 1.54) is 30.2 Å². The van der Waals surface area contributed by atoms with Gasteiger partial charge in [-0.1, -0.05) is 30.3 Å². The first-order valence-electron chi connectivity index (χ1n) is 10.1. The van der Waals surface area contributed by atoms with Crippen molar-refractivity contribution in [1.82, 2.24) is 4.90 Å². The molecule has 3 rings (SSSR count). The van der Waals surface area contributed by atoms with Crippen LogP contribution in [0.25, 0.3) is 5.76 Å². The fourth-order valence-corrected chi connectivity index (χ4v) is 3.67. The van der Waals surface area contributed by atoms with Gasteiger partial charge in [0.15, 0.2) is 0 Å². The van der Waals surface area contributed by atoms with E-state index in [-0.39, 0.29) is 29.3 Å². The van der Waals surface area contributed by atoms with Gasteiger partial charge in [-0.05, 0) is 38.5 Å². The number of nitrogens with zero attached hydrogens (tertiary/aromatic N) is 1. The van der Waals surface area contributed by atoms with E-state index in [1.807, 2.05) is 13.8 Å². The van der Waals surface area contributed by atoms with Crippen LogP contribution >= 0.6 is 0 Å². The highest BCUT2D eigenvalue weighted by Gasteiger charge is 2.46. The molecule has 31 heavy (non-hydrogen) atoms. The molecule has 1 unspecified atom stereocenters. The summed E-state index contributed by atoms with van der Waals surface area (Å²) in [5, 5.41) is 11.1. The molecule has 1 atom stereocenters. The number of para-hydroxylation sites is 1. The van der Waals surface area contributed by atoms with E-state index in [0.29, 0.717) is 18.8 Å². The second-order valence-electron chi connectivity index (χ2n) is 7.49. The van der Waals surface area contributed by atoms with Gasteiger partial charge < -0.3 is 19.5 Å². The first-order chi connectivity index (χ1) is 14.9. The maximum Gasteiger partial charge on any atom is 0.295 e. The lowest BCUT2D eigenvalue weighted by Gasteiger charge is -2.26. The summed E-state index contributed by atoms with van der Waals surface area (Å²) in [5.41, 5.74) is 0.236. The van der Waals surface area contributed by atoms with Crippen LogP contribution in [0.15, 0.2) is 54.1 Å². The van der Waals surface area contributed by atoms with E-state index < -0.39 is 29.3 Å². The Morgan fingerprint density at radius 1 is 1.13 bits per heavy atom. The van der Waals surface area contributed by atoms with Gasteiger partial charge in [0, 0.05) is 18.7 Å². The summed E-state index contributed by atoms with van der Waals surface area (Å²) in [5.74, 6) is -2.27. The van der Waals surface area contributed by atoms with Gasteiger partial charge in [-0.25, -0.2) is 4.39 Å². The molecule has 164 valence electrons. The summed E-state index contributed by atoms with van der Waals surface area (Å²) in [6.45, 7) is 4.37. The minimum Gasteiger partial charge on any atom is -0.507 e. The van der Waals surface area contributed by atoms with Crippen LogP contribution < -0.4 is 4.74 Å². The van der Waals surface area contributed by atoms with Gasteiger partial charge in [0.1, 0.15) is 17.3 Å². The zero-order valence-electron chi connectivity index (χ0n) is 17.8. The lowest BCUT2D eigenvalue weighted by molar-refractivity contribution is -0.140. The van der Waals surface area contributed by atoms with Crippen molar-refractivity contribution in [2.45, 2.75) is 32.4 Å². The highest BCUT2D eigenvalue weighted by atomic mass is 19.1. The minimum atomic E-state index is -1.05. The molecular weight excluding hydrogens is 401 g/mol. The molecule has 0 spiro atoms. The van der Waals surface area contributed by atoms with Gasteiger partial charge in [-0.3, -0.25) is 9.59 Å². The zero-order chi connectivity index (χ0) is 22.5. The number of amides is 1. The number of hydrogen-bond acceptors (Lipinski definition) is 5. The van der Waals surface area contributed by atoms with Gasteiger partial charge in [0.25, 0.3) is 11.7 Å². The van der Waals surface area contributed by atoms with Crippen molar-refractivity contribution >= 4 is 17.4 Å². The van der Waals surface area contributed by atoms with Crippen LogP contribution in [0.5, 0.6) is 5.75 Å². The molecule has 0 bridgehead atoms. The summed E-state index contributed by atoms with van der Waals surface area (Å²) >= 11 is 0. The standard InChI is InChI=1S/C24H26FNO5/c1-15(2)31-14-8-13-26-21(16-9-4-6-11-18(16)25)20(23(28)24(26)29)22(27)17-10-5-7-12-19(17)30-3/h4-7,9-12,15,21,27H,8,13-14H2,1-3H3/b22-20-. The number of Topliss-reactive ketones (excluding diaryl/α,β-unsaturated/α-hetero) is 1. The molecule has 1 heterocycles. The van der Waals surface area contributed by atoms with Crippen molar-refractivity contribution < 1.29 is 28.6 Å². The second-order valence-corrected chi connectivity index (χ2v) is 7.49. The molecule has 1 aliphatic rings. The Balaban J connectivity index is 2.09. The van der Waals surface area contributed by atoms with Crippen molar-refractivity contribution in [3.63, 3.8) is 0 Å². The Labute approximate surface area is 180 Å². The van der Waals surface area contributed by atoms with Crippen LogP contribution in [0.4, 0.5) is 4.39 Å². The molecule has 1 saturated heterocycles. The Hall–Kier alpha value is -3.19. The van der Waals surface area contributed by atoms with E-state index in [2.05, 4.69) is 0 Å². The molecule has 2 aromatic rings. The lowest BCUT2D eigenvalue weighted by Crippen LogP contribution is -2.31. The highest BCUT2D eigenvalue weighted by molar-refractivity contribution is 6.46. The van der Waals surface area contributed by atoms with Crippen LogP contribution in [-0.2, 0) is 14.3 Å². The molecule has 1 N–H and O–H groups in total. The van der Waals surface area contributed by atoms with E-state index >= 15 is 0 Å². The Morgan fingerprint density at radius 2 is 1.81 bits per heavy atom. The average molecular weight is 427 g/mol. The summed E-state index contributed by atoms with van der Waals surface area (Å²) in [6, 6.07) is 11.5. The highest BCUT2D eigenvalue weighted by Crippen LogP contribution is 2.41. The molecule has 1 fully saturated rings. The molecule has 0 saturated carbocycles. The zero-order valence-corrected chi connectivity index (χ0v) is 17.8. The number of ketones is 1. The third-order valence-electron chi connectivity index (χ3n) is 5.10. The third-order valence-corrected chi connectivity index (χ3v) is 5.10.